The first-order chi connectivity index (χ1) is 17.5. The molecule has 1 atom stereocenters. The van der Waals surface area contributed by atoms with Gasteiger partial charge in [-0.1, -0.05) is 66.2 Å². The quantitative estimate of drug-likeness (QED) is 0.178. The van der Waals surface area contributed by atoms with Gasteiger partial charge in [0, 0.05) is 12.4 Å². The van der Waals surface area contributed by atoms with Gasteiger partial charge in [0.25, 0.3) is 0 Å². The fourth-order valence-electron chi connectivity index (χ4n) is 3.64. The van der Waals surface area contributed by atoms with E-state index in [0.29, 0.717) is 22.3 Å². The topological polar surface area (TPSA) is 81.6 Å². The third kappa shape index (κ3) is 6.25. The molecule has 8 heteroatoms. The summed E-state index contributed by atoms with van der Waals surface area (Å²) in [4.78, 5) is 37.4. The van der Waals surface area contributed by atoms with Crippen LogP contribution in [-0.4, -0.2) is 29.0 Å². The van der Waals surface area contributed by atoms with E-state index in [4.69, 9.17) is 21.1 Å². The van der Waals surface area contributed by atoms with Gasteiger partial charge >= 0.3 is 5.97 Å². The van der Waals surface area contributed by atoms with Crippen LogP contribution in [0.5, 0.6) is 5.75 Å². The Morgan fingerprint density at radius 3 is 2.42 bits per heavy atom. The van der Waals surface area contributed by atoms with Crippen LogP contribution in [0.3, 0.4) is 0 Å². The summed E-state index contributed by atoms with van der Waals surface area (Å²) >= 11 is 5.94. The van der Waals surface area contributed by atoms with Crippen LogP contribution in [0.1, 0.15) is 22.6 Å². The van der Waals surface area contributed by atoms with Gasteiger partial charge in [-0.15, -0.1) is 0 Å². The van der Waals surface area contributed by atoms with Crippen LogP contribution in [0.4, 0.5) is 5.82 Å². The van der Waals surface area contributed by atoms with Gasteiger partial charge in [-0.25, -0.2) is 9.97 Å². The second-order valence-electron chi connectivity index (χ2n) is 7.90. The lowest BCUT2D eigenvalue weighted by molar-refractivity contribution is -0.149. The maximum absolute atomic E-state index is 14.1. The summed E-state index contributed by atoms with van der Waals surface area (Å²) in [6.07, 6.45) is 3.17. The normalized spacial score (nSPS) is 11.4. The zero-order valence-corrected chi connectivity index (χ0v) is 20.3. The third-order valence-corrected chi connectivity index (χ3v) is 5.68. The Morgan fingerprint density at radius 2 is 1.72 bits per heavy atom. The molecule has 0 saturated carbocycles. The van der Waals surface area contributed by atoms with Gasteiger partial charge in [-0.3, -0.25) is 14.5 Å². The molecule has 2 aromatic carbocycles. The number of carbonyl (C=O) groups is 2. The first-order valence-electron chi connectivity index (χ1n) is 11.2. The van der Waals surface area contributed by atoms with Gasteiger partial charge in [0.1, 0.15) is 23.3 Å². The van der Waals surface area contributed by atoms with Crippen LogP contribution < -0.4 is 9.64 Å². The van der Waals surface area contributed by atoms with Crippen molar-refractivity contribution >= 4 is 29.3 Å². The number of anilines is 1. The molecule has 0 N–H and O–H groups in total. The number of nitrogens with zero attached hydrogens (tertiary/aromatic N) is 3. The summed E-state index contributed by atoms with van der Waals surface area (Å²) in [6.45, 7) is 0.171. The maximum Gasteiger partial charge on any atom is 0.323 e. The van der Waals surface area contributed by atoms with E-state index >= 15 is 0 Å². The number of hydrogen-bond acceptors (Lipinski definition) is 6. The number of amides is 1. The van der Waals surface area contributed by atoms with Crippen molar-refractivity contribution in [2.75, 3.05) is 12.0 Å². The number of methoxy groups -OCH3 is 1. The number of hydrogen-bond donors (Lipinski definition) is 0. The first kappa shape index (κ1) is 24.9. The highest BCUT2D eigenvalue weighted by Gasteiger charge is 2.35. The predicted molar refractivity (Wildman–Crippen MR) is 137 cm³/mol. The number of halogens is 1. The summed E-state index contributed by atoms with van der Waals surface area (Å²) in [6, 6.07) is 24.8. The van der Waals surface area contributed by atoms with E-state index in [0.717, 1.165) is 11.1 Å². The smallest absolute Gasteiger partial charge is 0.323 e. The Morgan fingerprint density at radius 1 is 0.917 bits per heavy atom. The van der Waals surface area contributed by atoms with Crippen LogP contribution in [0.25, 0.3) is 0 Å². The molecule has 0 fully saturated rings. The van der Waals surface area contributed by atoms with Crippen LogP contribution in [-0.2, 0) is 27.5 Å². The van der Waals surface area contributed by atoms with Crippen molar-refractivity contribution < 1.29 is 19.1 Å². The zero-order chi connectivity index (χ0) is 25.3. The highest BCUT2D eigenvalue weighted by Crippen LogP contribution is 2.28. The second kappa shape index (κ2) is 12.0. The fraction of sp³-hybridized carbons (Fsp3) is 0.143. The van der Waals surface area contributed by atoms with Gasteiger partial charge in [0.05, 0.1) is 13.7 Å². The predicted octanol–water partition coefficient (Wildman–Crippen LogP) is 5.20. The number of aromatic nitrogens is 2. The molecule has 0 bridgehead atoms. The lowest BCUT2D eigenvalue weighted by Gasteiger charge is -2.26. The van der Waals surface area contributed by atoms with Gasteiger partial charge in [-0.2, -0.15) is 0 Å². The number of pyridine rings is 2. The van der Waals surface area contributed by atoms with Crippen molar-refractivity contribution in [3.05, 3.63) is 119 Å². The van der Waals surface area contributed by atoms with Gasteiger partial charge in [0.2, 0.25) is 5.91 Å². The van der Waals surface area contributed by atoms with Crippen LogP contribution >= 0.6 is 11.6 Å². The van der Waals surface area contributed by atoms with Crippen molar-refractivity contribution in [3.63, 3.8) is 0 Å². The molecular weight excluding hydrogens is 478 g/mol. The van der Waals surface area contributed by atoms with E-state index in [2.05, 4.69) is 9.97 Å². The number of carbonyl (C=O) groups excluding carboxylic acids is 2. The van der Waals surface area contributed by atoms with E-state index in [-0.39, 0.29) is 13.2 Å². The van der Waals surface area contributed by atoms with E-state index in [9.17, 15) is 9.59 Å². The molecule has 7 nitrogen and oxygen atoms in total. The maximum atomic E-state index is 14.1. The number of ether oxygens (including phenoxy) is 2. The molecular formula is C28H24ClN3O4. The van der Waals surface area contributed by atoms with Crippen molar-refractivity contribution in [3.8, 4) is 5.75 Å². The molecule has 0 aliphatic heterocycles. The average Bonchev–Trinajstić information content (AvgIpc) is 2.93. The van der Waals surface area contributed by atoms with E-state index < -0.39 is 17.8 Å². The lowest BCUT2D eigenvalue weighted by Crippen LogP contribution is -2.39. The van der Waals surface area contributed by atoms with Gasteiger partial charge < -0.3 is 9.47 Å². The number of esters is 1. The highest BCUT2D eigenvalue weighted by atomic mass is 35.5. The van der Waals surface area contributed by atoms with Gasteiger partial charge in [0.15, 0.2) is 5.92 Å². The molecule has 0 aliphatic carbocycles. The van der Waals surface area contributed by atoms with Crippen LogP contribution in [0, 0.1) is 0 Å². The number of rotatable bonds is 9. The summed E-state index contributed by atoms with van der Waals surface area (Å²) in [5.41, 5.74) is 1.99. The molecule has 36 heavy (non-hydrogen) atoms. The van der Waals surface area contributed by atoms with Crippen molar-refractivity contribution in [2.45, 2.75) is 19.1 Å². The van der Waals surface area contributed by atoms with E-state index in [1.54, 1.807) is 67.0 Å². The highest BCUT2D eigenvalue weighted by molar-refractivity contribution is 6.29. The second-order valence-corrected chi connectivity index (χ2v) is 8.29. The molecule has 0 saturated heterocycles. The van der Waals surface area contributed by atoms with E-state index in [1.165, 1.54) is 12.0 Å². The van der Waals surface area contributed by atoms with E-state index in [1.807, 2.05) is 30.3 Å². The van der Waals surface area contributed by atoms with Crippen molar-refractivity contribution in [2.24, 2.45) is 0 Å². The minimum atomic E-state index is -1.24. The third-order valence-electron chi connectivity index (χ3n) is 5.45. The Balaban J connectivity index is 1.70. The summed E-state index contributed by atoms with van der Waals surface area (Å²) in [5.74, 6) is -1.50. The Labute approximate surface area is 214 Å². The molecule has 0 aliphatic rings. The molecule has 2 heterocycles. The molecule has 0 radical (unpaired) electrons. The van der Waals surface area contributed by atoms with Gasteiger partial charge in [-0.05, 0) is 47.0 Å². The lowest BCUT2D eigenvalue weighted by atomic mass is 9.96. The fourth-order valence-corrected chi connectivity index (χ4v) is 3.75. The van der Waals surface area contributed by atoms with Crippen LogP contribution in [0.2, 0.25) is 5.15 Å². The molecule has 4 rings (SSSR count). The molecule has 0 spiro atoms. The summed E-state index contributed by atoms with van der Waals surface area (Å²) in [7, 11) is 1.53. The largest absolute Gasteiger partial charge is 0.497 e. The Hall–Kier alpha value is -4.23. The molecule has 1 unspecified atom stereocenters. The van der Waals surface area contributed by atoms with Crippen molar-refractivity contribution in [1.82, 2.24) is 9.97 Å². The molecule has 4 aromatic rings. The first-order valence-corrected chi connectivity index (χ1v) is 11.6. The summed E-state index contributed by atoms with van der Waals surface area (Å²) < 4.78 is 10.9. The molecule has 2 aromatic heterocycles. The average molecular weight is 502 g/mol. The summed E-state index contributed by atoms with van der Waals surface area (Å²) in [5, 5.41) is 0.341. The monoisotopic (exact) mass is 501 g/mol. The Kier molecular flexibility index (Phi) is 8.26. The van der Waals surface area contributed by atoms with Crippen molar-refractivity contribution in [1.29, 1.82) is 0 Å². The minimum absolute atomic E-state index is 0.0398. The molecule has 182 valence electrons. The molecule has 1 amide bonds. The SMILES string of the molecule is COc1cccc(C(C(=O)OCc2ccccc2)C(=O)N(Cc2ccc(Cl)nc2)c2ccccn2)c1. The van der Waals surface area contributed by atoms with Crippen LogP contribution in [0.15, 0.2) is 97.3 Å². The Bertz CT molecular complexity index is 1300. The number of benzene rings is 2. The zero-order valence-electron chi connectivity index (χ0n) is 19.6. The standard InChI is InChI=1S/C28H24ClN3O4/c1-35-23-11-7-10-22(16-23)26(28(34)36-19-20-8-3-2-4-9-20)27(33)32(25-12-5-6-15-30-25)18-21-13-14-24(29)31-17-21/h2-17,26H,18-19H2,1H3. The minimum Gasteiger partial charge on any atom is -0.497 e.